The Morgan fingerprint density at radius 1 is 1.21 bits per heavy atom. The van der Waals surface area contributed by atoms with E-state index in [2.05, 4.69) is 0 Å². The molecule has 1 aromatic heterocycles. The molecule has 0 unspecified atom stereocenters. The van der Waals surface area contributed by atoms with Crippen LogP contribution in [0.1, 0.15) is 25.0 Å². The number of hydrogen-bond acceptors (Lipinski definition) is 3. The first kappa shape index (κ1) is 15.9. The molecule has 0 saturated carbocycles. The summed E-state index contributed by atoms with van der Waals surface area (Å²) in [6.07, 6.45) is -0.0271. The molecule has 0 radical (unpaired) electrons. The Labute approximate surface area is 136 Å². The number of benzene rings is 1. The van der Waals surface area contributed by atoms with Crippen LogP contribution in [0.15, 0.2) is 41.3 Å². The lowest BCUT2D eigenvalue weighted by Crippen LogP contribution is -2.39. The van der Waals surface area contributed by atoms with E-state index >= 15 is 0 Å². The second-order valence-corrected chi connectivity index (χ2v) is 6.21. The van der Waals surface area contributed by atoms with Crippen molar-refractivity contribution in [1.82, 2.24) is 4.57 Å². The van der Waals surface area contributed by atoms with E-state index in [1.54, 1.807) is 26.0 Å². The highest BCUT2D eigenvalue weighted by atomic mass is 19.1. The van der Waals surface area contributed by atoms with Crippen molar-refractivity contribution in [3.8, 4) is 0 Å². The van der Waals surface area contributed by atoms with Gasteiger partial charge in [0.2, 0.25) is 5.91 Å². The summed E-state index contributed by atoms with van der Waals surface area (Å²) in [6, 6.07) is 6.94. The number of anilines is 1. The van der Waals surface area contributed by atoms with Crippen LogP contribution < -0.4 is 10.5 Å². The van der Waals surface area contributed by atoms with Crippen LogP contribution in [0.2, 0.25) is 0 Å². The Balaban J connectivity index is 2.09. The third-order valence-corrected chi connectivity index (χ3v) is 4.21. The SMILES string of the molecule is CC1(C)C(=O)N(C(=O)O)c2cn(Cc3ccc(F)cc3)c(=O)cc21. The fourth-order valence-corrected chi connectivity index (χ4v) is 2.84. The summed E-state index contributed by atoms with van der Waals surface area (Å²) in [7, 11) is 0. The van der Waals surface area contributed by atoms with Gasteiger partial charge in [0.05, 0.1) is 17.6 Å². The van der Waals surface area contributed by atoms with E-state index < -0.39 is 17.4 Å². The number of hydrogen-bond donors (Lipinski definition) is 1. The minimum absolute atomic E-state index is 0.147. The molecule has 0 bridgehead atoms. The van der Waals surface area contributed by atoms with Gasteiger partial charge in [-0.15, -0.1) is 0 Å². The van der Waals surface area contributed by atoms with Crippen LogP contribution >= 0.6 is 0 Å². The number of aromatic nitrogens is 1. The van der Waals surface area contributed by atoms with Crippen LogP contribution in [0, 0.1) is 5.82 Å². The lowest BCUT2D eigenvalue weighted by Gasteiger charge is -2.16. The lowest BCUT2D eigenvalue weighted by atomic mass is 9.87. The molecule has 7 heteroatoms. The van der Waals surface area contributed by atoms with E-state index in [4.69, 9.17) is 0 Å². The second kappa shape index (κ2) is 5.30. The molecule has 0 saturated heterocycles. The number of amides is 2. The molecule has 0 aliphatic carbocycles. The van der Waals surface area contributed by atoms with Gasteiger partial charge in [-0.05, 0) is 37.1 Å². The van der Waals surface area contributed by atoms with Crippen molar-refractivity contribution in [1.29, 1.82) is 0 Å². The maximum Gasteiger partial charge on any atom is 0.418 e. The number of pyridine rings is 1. The van der Waals surface area contributed by atoms with E-state index in [1.165, 1.54) is 29.0 Å². The minimum atomic E-state index is -1.39. The number of nitrogens with zero attached hydrogens (tertiary/aromatic N) is 2. The average Bonchev–Trinajstić information content (AvgIpc) is 2.69. The van der Waals surface area contributed by atoms with Crippen LogP contribution in [0.4, 0.5) is 14.9 Å². The van der Waals surface area contributed by atoms with Crippen LogP contribution in [-0.4, -0.2) is 21.7 Å². The van der Waals surface area contributed by atoms with Crippen molar-refractivity contribution in [2.45, 2.75) is 25.8 Å². The smallest absolute Gasteiger partial charge is 0.418 e. The number of fused-ring (bicyclic) bond motifs is 1. The number of carboxylic acid groups (broad SMARTS) is 1. The number of carbonyl (C=O) groups is 2. The largest absolute Gasteiger partial charge is 0.464 e. The first-order valence-electron chi connectivity index (χ1n) is 7.28. The van der Waals surface area contributed by atoms with E-state index in [-0.39, 0.29) is 23.6 Å². The topological polar surface area (TPSA) is 79.6 Å². The second-order valence-electron chi connectivity index (χ2n) is 6.21. The van der Waals surface area contributed by atoms with Gasteiger partial charge in [0.15, 0.2) is 0 Å². The molecule has 0 spiro atoms. The molecule has 124 valence electrons. The van der Waals surface area contributed by atoms with Gasteiger partial charge in [-0.3, -0.25) is 9.59 Å². The fourth-order valence-electron chi connectivity index (χ4n) is 2.84. The maximum atomic E-state index is 13.0. The summed E-state index contributed by atoms with van der Waals surface area (Å²) in [5.41, 5.74) is -0.188. The normalized spacial score (nSPS) is 15.5. The zero-order valence-corrected chi connectivity index (χ0v) is 13.1. The van der Waals surface area contributed by atoms with E-state index in [9.17, 15) is 23.9 Å². The van der Waals surface area contributed by atoms with E-state index in [0.29, 0.717) is 16.0 Å². The third-order valence-electron chi connectivity index (χ3n) is 4.21. The van der Waals surface area contributed by atoms with Gasteiger partial charge in [0.25, 0.3) is 5.56 Å². The van der Waals surface area contributed by atoms with E-state index in [0.717, 1.165) is 0 Å². The number of halogens is 1. The van der Waals surface area contributed by atoms with Gasteiger partial charge in [0.1, 0.15) is 5.82 Å². The van der Waals surface area contributed by atoms with Crippen molar-refractivity contribution >= 4 is 17.7 Å². The monoisotopic (exact) mass is 330 g/mol. The molecule has 1 aromatic carbocycles. The number of rotatable bonds is 2. The zero-order valence-electron chi connectivity index (χ0n) is 13.1. The van der Waals surface area contributed by atoms with Gasteiger partial charge in [-0.25, -0.2) is 14.1 Å². The Morgan fingerprint density at radius 2 is 1.83 bits per heavy atom. The Kier molecular flexibility index (Phi) is 3.51. The first-order chi connectivity index (χ1) is 11.2. The molecule has 0 atom stereocenters. The molecule has 2 aromatic rings. The molecule has 3 rings (SSSR count). The molecule has 2 heterocycles. The zero-order chi connectivity index (χ0) is 17.6. The van der Waals surface area contributed by atoms with Gasteiger partial charge in [-0.2, -0.15) is 0 Å². The van der Waals surface area contributed by atoms with Crippen molar-refractivity contribution in [3.05, 3.63) is 63.8 Å². The molecule has 6 nitrogen and oxygen atoms in total. The third kappa shape index (κ3) is 2.38. The average molecular weight is 330 g/mol. The standard InChI is InChI=1S/C17H15FN2O4/c1-17(2)12-7-14(21)19(8-10-3-5-11(18)6-4-10)9-13(12)20(15(17)22)16(23)24/h3-7,9H,8H2,1-2H3,(H,23,24). The highest BCUT2D eigenvalue weighted by molar-refractivity contribution is 6.20. The van der Waals surface area contributed by atoms with Crippen LogP contribution in [0.25, 0.3) is 0 Å². The van der Waals surface area contributed by atoms with Crippen molar-refractivity contribution in [2.24, 2.45) is 0 Å². The molecular weight excluding hydrogens is 315 g/mol. The summed E-state index contributed by atoms with van der Waals surface area (Å²) in [5.74, 6) is -0.978. The first-order valence-corrected chi connectivity index (χ1v) is 7.28. The number of carbonyl (C=O) groups excluding carboxylic acids is 1. The Bertz CT molecular complexity index is 900. The molecular formula is C17H15FN2O4. The minimum Gasteiger partial charge on any atom is -0.464 e. The van der Waals surface area contributed by atoms with Gasteiger partial charge < -0.3 is 9.67 Å². The summed E-state index contributed by atoms with van der Waals surface area (Å²) >= 11 is 0. The highest BCUT2D eigenvalue weighted by Gasteiger charge is 2.47. The van der Waals surface area contributed by atoms with E-state index in [1.807, 2.05) is 0 Å². The summed E-state index contributed by atoms with van der Waals surface area (Å²) in [5, 5.41) is 9.32. The molecule has 1 N–H and O–H groups in total. The summed E-state index contributed by atoms with van der Waals surface area (Å²) in [6.45, 7) is 3.32. The van der Waals surface area contributed by atoms with Gasteiger partial charge in [-0.1, -0.05) is 12.1 Å². The Morgan fingerprint density at radius 3 is 2.42 bits per heavy atom. The summed E-state index contributed by atoms with van der Waals surface area (Å²) in [4.78, 5) is 36.8. The fraction of sp³-hybridized carbons (Fsp3) is 0.235. The molecule has 1 aliphatic heterocycles. The van der Waals surface area contributed by atoms with Crippen molar-refractivity contribution in [3.63, 3.8) is 0 Å². The predicted octanol–water partition coefficient (Wildman–Crippen LogP) is 2.34. The highest BCUT2D eigenvalue weighted by Crippen LogP contribution is 2.40. The maximum absolute atomic E-state index is 13.0. The Hall–Kier alpha value is -2.96. The number of imide groups is 1. The van der Waals surface area contributed by atoms with Crippen LogP contribution in [0.5, 0.6) is 0 Å². The van der Waals surface area contributed by atoms with Crippen LogP contribution in [0.3, 0.4) is 0 Å². The molecule has 0 fully saturated rings. The molecule has 24 heavy (non-hydrogen) atoms. The summed E-state index contributed by atoms with van der Waals surface area (Å²) < 4.78 is 14.3. The quantitative estimate of drug-likeness (QED) is 0.916. The van der Waals surface area contributed by atoms with Crippen molar-refractivity contribution < 1.29 is 19.1 Å². The predicted molar refractivity (Wildman–Crippen MR) is 84.7 cm³/mol. The van der Waals surface area contributed by atoms with Crippen molar-refractivity contribution in [2.75, 3.05) is 4.90 Å². The molecule has 2 amide bonds. The molecule has 1 aliphatic rings. The van der Waals surface area contributed by atoms with Gasteiger partial charge in [0, 0.05) is 12.3 Å². The lowest BCUT2D eigenvalue weighted by molar-refractivity contribution is -0.121. The van der Waals surface area contributed by atoms with Gasteiger partial charge >= 0.3 is 6.09 Å². The van der Waals surface area contributed by atoms with Crippen LogP contribution in [-0.2, 0) is 16.8 Å².